The smallest absolute Gasteiger partial charge is 0.0650 e. The molecule has 0 spiro atoms. The monoisotopic (exact) mass is 245 g/mol. The fourth-order valence-electron chi connectivity index (χ4n) is 1.82. The largest absolute Gasteiger partial charge is 0.377 e. The molecule has 1 heteroatoms. The van der Waals surface area contributed by atoms with Crippen molar-refractivity contribution in [1.82, 2.24) is 0 Å². The van der Waals surface area contributed by atoms with Crippen molar-refractivity contribution in [2.45, 2.75) is 39.5 Å². The van der Waals surface area contributed by atoms with Gasteiger partial charge in [-0.25, -0.2) is 0 Å². The quantitative estimate of drug-likeness (QED) is 0.602. The lowest BCUT2D eigenvalue weighted by molar-refractivity contribution is 0.158. The Balaban J connectivity index is 2.22. The number of aryl methyl sites for hydroxylation is 2. The summed E-state index contributed by atoms with van der Waals surface area (Å²) in [6.07, 6.45) is 8.87. The van der Waals surface area contributed by atoms with Crippen LogP contribution in [0.1, 0.15) is 42.4 Å². The number of unbranched alkanes of at least 4 members (excludes halogenated alkanes) is 3. The topological polar surface area (TPSA) is 9.23 Å². The van der Waals surface area contributed by atoms with E-state index in [9.17, 15) is 0 Å². The first-order valence-electron chi connectivity index (χ1n) is 6.85. The Bertz CT molecular complexity index is 366. The van der Waals surface area contributed by atoms with Crippen LogP contribution in [0.15, 0.2) is 24.3 Å². The van der Waals surface area contributed by atoms with Crippen molar-refractivity contribution in [2.24, 2.45) is 0 Å². The molecule has 0 bridgehead atoms. The highest BCUT2D eigenvalue weighted by Crippen LogP contribution is 2.12. The zero-order valence-electron chi connectivity index (χ0n) is 11.7. The lowest BCUT2D eigenvalue weighted by atomic mass is 10.1. The average molecular weight is 245 g/mol. The maximum Gasteiger partial charge on any atom is 0.0650 e. The lowest BCUT2D eigenvalue weighted by Crippen LogP contribution is -1.94. The predicted molar refractivity (Wildman–Crippen MR) is 79.6 cm³/mol. The Morgan fingerprint density at radius 3 is 2.78 bits per heavy atom. The molecule has 0 atom stereocenters. The Kier molecular flexibility index (Phi) is 7.43. The Hall–Kier alpha value is -1.08. The molecule has 0 aliphatic heterocycles. The van der Waals surface area contributed by atoms with Crippen LogP contribution in [0.25, 0.3) is 6.08 Å². The van der Waals surface area contributed by atoms with Gasteiger partial charge in [0, 0.05) is 6.61 Å². The molecule has 0 aromatic heterocycles. The summed E-state index contributed by atoms with van der Waals surface area (Å²) in [6, 6.07) is 6.51. The minimum absolute atomic E-state index is 0.706. The summed E-state index contributed by atoms with van der Waals surface area (Å²) in [4.78, 5) is 0. The minimum atomic E-state index is 0.706. The van der Waals surface area contributed by atoms with Gasteiger partial charge in [-0.3, -0.25) is 0 Å². The van der Waals surface area contributed by atoms with E-state index in [1.54, 1.807) is 0 Å². The standard InChI is InChI=1S/C17H25O/c1-4-5-6-7-12-18-13-8-9-17-14-15(2)10-11-16(17)3/h8-11,14H,1,4-7,12-13H2,2-3H3/b9-8+. The number of rotatable bonds is 8. The van der Waals surface area contributed by atoms with Crippen molar-refractivity contribution >= 4 is 6.08 Å². The molecule has 0 fully saturated rings. The maximum atomic E-state index is 5.56. The van der Waals surface area contributed by atoms with E-state index in [0.717, 1.165) is 19.4 Å². The van der Waals surface area contributed by atoms with E-state index in [-0.39, 0.29) is 0 Å². The first-order chi connectivity index (χ1) is 8.74. The van der Waals surface area contributed by atoms with Crippen LogP contribution in [0.2, 0.25) is 0 Å². The molecule has 0 aliphatic carbocycles. The Morgan fingerprint density at radius 1 is 1.17 bits per heavy atom. The third-order valence-electron chi connectivity index (χ3n) is 2.98. The summed E-state index contributed by atoms with van der Waals surface area (Å²) in [5.41, 5.74) is 3.90. The first kappa shape index (κ1) is 15.0. The molecule has 99 valence electrons. The Morgan fingerprint density at radius 2 is 2.00 bits per heavy atom. The van der Waals surface area contributed by atoms with Crippen molar-refractivity contribution < 1.29 is 4.74 Å². The molecule has 1 nitrogen and oxygen atoms in total. The van der Waals surface area contributed by atoms with Crippen LogP contribution in [0, 0.1) is 20.8 Å². The first-order valence-corrected chi connectivity index (χ1v) is 6.85. The zero-order chi connectivity index (χ0) is 13.2. The van der Waals surface area contributed by atoms with Crippen molar-refractivity contribution in [3.05, 3.63) is 47.9 Å². The van der Waals surface area contributed by atoms with Gasteiger partial charge in [-0.1, -0.05) is 62.1 Å². The predicted octanol–water partition coefficient (Wildman–Crippen LogP) is 4.73. The van der Waals surface area contributed by atoms with E-state index < -0.39 is 0 Å². The van der Waals surface area contributed by atoms with Crippen LogP contribution in [-0.2, 0) is 4.74 Å². The van der Waals surface area contributed by atoms with E-state index in [1.165, 1.54) is 29.5 Å². The molecular formula is C17H25O. The van der Waals surface area contributed by atoms with Crippen molar-refractivity contribution in [2.75, 3.05) is 13.2 Å². The van der Waals surface area contributed by atoms with E-state index in [4.69, 9.17) is 4.74 Å². The number of ether oxygens (including phenoxy) is 1. The van der Waals surface area contributed by atoms with Gasteiger partial charge in [0.2, 0.25) is 0 Å². The van der Waals surface area contributed by atoms with E-state index in [1.807, 2.05) is 0 Å². The second-order valence-corrected chi connectivity index (χ2v) is 4.75. The second kappa shape index (κ2) is 8.93. The summed E-state index contributed by atoms with van der Waals surface area (Å²) in [7, 11) is 0. The minimum Gasteiger partial charge on any atom is -0.377 e. The summed E-state index contributed by atoms with van der Waals surface area (Å²) >= 11 is 0. The highest BCUT2D eigenvalue weighted by atomic mass is 16.5. The van der Waals surface area contributed by atoms with Crippen LogP contribution < -0.4 is 0 Å². The fourth-order valence-corrected chi connectivity index (χ4v) is 1.82. The summed E-state index contributed by atoms with van der Waals surface area (Å²) < 4.78 is 5.56. The molecule has 0 amide bonds. The van der Waals surface area contributed by atoms with Gasteiger partial charge in [-0.15, -0.1) is 0 Å². The van der Waals surface area contributed by atoms with Crippen molar-refractivity contribution in [3.63, 3.8) is 0 Å². The van der Waals surface area contributed by atoms with Crippen LogP contribution >= 0.6 is 0 Å². The summed E-state index contributed by atoms with van der Waals surface area (Å²) in [6.45, 7) is 9.65. The highest BCUT2D eigenvalue weighted by Gasteiger charge is 1.93. The Labute approximate surface area is 112 Å². The molecule has 0 saturated carbocycles. The molecule has 0 unspecified atom stereocenters. The molecular weight excluding hydrogens is 220 g/mol. The molecule has 1 aromatic rings. The zero-order valence-corrected chi connectivity index (χ0v) is 11.7. The van der Waals surface area contributed by atoms with Gasteiger partial charge in [0.25, 0.3) is 0 Å². The molecule has 1 radical (unpaired) electrons. The van der Waals surface area contributed by atoms with Crippen LogP contribution in [0.4, 0.5) is 0 Å². The van der Waals surface area contributed by atoms with E-state index >= 15 is 0 Å². The van der Waals surface area contributed by atoms with E-state index in [2.05, 4.69) is 51.1 Å². The van der Waals surface area contributed by atoms with Gasteiger partial charge in [-0.05, 0) is 31.4 Å². The van der Waals surface area contributed by atoms with Crippen LogP contribution in [-0.4, -0.2) is 13.2 Å². The van der Waals surface area contributed by atoms with Gasteiger partial charge in [0.1, 0.15) is 0 Å². The SMILES string of the molecule is [CH2]CCCCCOC/C=C/c1cc(C)ccc1C. The molecule has 0 aliphatic rings. The van der Waals surface area contributed by atoms with Gasteiger partial charge in [0.05, 0.1) is 6.61 Å². The third kappa shape index (κ3) is 6.02. The summed E-state index contributed by atoms with van der Waals surface area (Å²) in [5.74, 6) is 0. The lowest BCUT2D eigenvalue weighted by Gasteiger charge is -2.03. The van der Waals surface area contributed by atoms with Crippen LogP contribution in [0.5, 0.6) is 0 Å². The average Bonchev–Trinajstić information content (AvgIpc) is 2.36. The molecule has 0 saturated heterocycles. The van der Waals surface area contributed by atoms with Gasteiger partial charge >= 0.3 is 0 Å². The third-order valence-corrected chi connectivity index (χ3v) is 2.98. The van der Waals surface area contributed by atoms with Crippen LogP contribution in [0.3, 0.4) is 0 Å². The van der Waals surface area contributed by atoms with Crippen molar-refractivity contribution in [1.29, 1.82) is 0 Å². The molecule has 1 aromatic carbocycles. The van der Waals surface area contributed by atoms with Gasteiger partial charge in [0.15, 0.2) is 0 Å². The van der Waals surface area contributed by atoms with Gasteiger partial charge in [-0.2, -0.15) is 0 Å². The fraction of sp³-hybridized carbons (Fsp3) is 0.471. The number of benzene rings is 1. The van der Waals surface area contributed by atoms with Crippen molar-refractivity contribution in [3.8, 4) is 0 Å². The number of hydrogen-bond donors (Lipinski definition) is 0. The van der Waals surface area contributed by atoms with E-state index in [0.29, 0.717) is 6.61 Å². The normalized spacial score (nSPS) is 11.3. The molecule has 0 N–H and O–H groups in total. The molecule has 18 heavy (non-hydrogen) atoms. The summed E-state index contributed by atoms with van der Waals surface area (Å²) in [5, 5.41) is 0. The maximum absolute atomic E-state index is 5.56. The number of hydrogen-bond acceptors (Lipinski definition) is 1. The van der Waals surface area contributed by atoms with Gasteiger partial charge < -0.3 is 4.74 Å². The molecule has 0 heterocycles. The molecule has 1 rings (SSSR count). The highest BCUT2D eigenvalue weighted by molar-refractivity contribution is 5.54. The second-order valence-electron chi connectivity index (χ2n) is 4.75.